The second kappa shape index (κ2) is 6.06. The van der Waals surface area contributed by atoms with Gasteiger partial charge < -0.3 is 10.2 Å². The Morgan fingerprint density at radius 2 is 2.00 bits per heavy atom. The molecule has 2 rings (SSSR count). The van der Waals surface area contributed by atoms with Crippen molar-refractivity contribution < 1.29 is 9.59 Å². The van der Waals surface area contributed by atoms with E-state index >= 15 is 0 Å². The summed E-state index contributed by atoms with van der Waals surface area (Å²) in [5.41, 5.74) is 1.40. The van der Waals surface area contributed by atoms with Crippen LogP contribution in [0.5, 0.6) is 0 Å². The Hall–Kier alpha value is -1.55. The van der Waals surface area contributed by atoms with Gasteiger partial charge in [-0.05, 0) is 32.9 Å². The lowest BCUT2D eigenvalue weighted by atomic mass is 9.95. The summed E-state index contributed by atoms with van der Waals surface area (Å²) in [6, 6.07) is 7.66. The number of nitrogens with one attached hydrogen (secondary N) is 1. The average Bonchev–Trinajstić information content (AvgIpc) is 2.80. The third-order valence-electron chi connectivity index (χ3n) is 3.75. The van der Waals surface area contributed by atoms with Crippen LogP contribution in [0.1, 0.15) is 25.8 Å². The molecular formula is C16H21ClN2O2. The first kappa shape index (κ1) is 15.8. The summed E-state index contributed by atoms with van der Waals surface area (Å²) in [5, 5.41) is 2.93. The average molecular weight is 309 g/mol. The molecule has 0 bridgehead atoms. The van der Waals surface area contributed by atoms with Gasteiger partial charge in [0.15, 0.2) is 0 Å². The Morgan fingerprint density at radius 1 is 1.38 bits per heavy atom. The van der Waals surface area contributed by atoms with Crippen molar-refractivity contribution in [3.63, 3.8) is 0 Å². The van der Waals surface area contributed by atoms with Crippen LogP contribution in [0.2, 0.25) is 0 Å². The van der Waals surface area contributed by atoms with E-state index in [2.05, 4.69) is 5.32 Å². The van der Waals surface area contributed by atoms with Crippen molar-refractivity contribution in [3.8, 4) is 0 Å². The predicted octanol–water partition coefficient (Wildman–Crippen LogP) is 2.48. The second-order valence-electron chi connectivity index (χ2n) is 6.23. The van der Waals surface area contributed by atoms with Crippen LogP contribution in [-0.4, -0.2) is 30.3 Å². The number of benzene rings is 1. The summed E-state index contributed by atoms with van der Waals surface area (Å²) < 4.78 is 0. The molecule has 0 aromatic heterocycles. The Labute approximate surface area is 130 Å². The lowest BCUT2D eigenvalue weighted by Crippen LogP contribution is -2.44. The van der Waals surface area contributed by atoms with Gasteiger partial charge in [-0.1, -0.05) is 17.7 Å². The van der Waals surface area contributed by atoms with Gasteiger partial charge in [-0.2, -0.15) is 0 Å². The number of anilines is 1. The van der Waals surface area contributed by atoms with Gasteiger partial charge >= 0.3 is 0 Å². The molecule has 0 aliphatic carbocycles. The molecule has 2 amide bonds. The molecule has 114 valence electrons. The number of hydrogen-bond acceptors (Lipinski definition) is 2. The zero-order valence-corrected chi connectivity index (χ0v) is 13.4. The van der Waals surface area contributed by atoms with E-state index in [1.165, 1.54) is 0 Å². The van der Waals surface area contributed by atoms with E-state index in [0.29, 0.717) is 13.0 Å². The first-order chi connectivity index (χ1) is 9.83. The van der Waals surface area contributed by atoms with Gasteiger partial charge in [0.05, 0.1) is 11.5 Å². The second-order valence-corrected chi connectivity index (χ2v) is 6.50. The lowest BCUT2D eigenvalue weighted by Gasteiger charge is -2.23. The molecule has 0 spiro atoms. The highest BCUT2D eigenvalue weighted by Gasteiger charge is 2.35. The molecule has 1 N–H and O–H groups in total. The maximum Gasteiger partial charge on any atom is 0.229 e. The van der Waals surface area contributed by atoms with E-state index in [-0.39, 0.29) is 23.7 Å². The molecule has 1 aromatic carbocycles. The maximum atomic E-state index is 12.1. The molecule has 5 heteroatoms. The highest BCUT2D eigenvalue weighted by Crippen LogP contribution is 2.23. The molecule has 1 fully saturated rings. The Kier molecular flexibility index (Phi) is 4.57. The fourth-order valence-electron chi connectivity index (χ4n) is 2.22. The van der Waals surface area contributed by atoms with E-state index in [1.54, 1.807) is 18.7 Å². The number of carbonyl (C=O) groups is 2. The SMILES string of the molecule is Cc1ccc(N2C[C@@H](NC(=O)C(C)(C)CCl)CC2=O)cc1. The summed E-state index contributed by atoms with van der Waals surface area (Å²) in [7, 11) is 0. The smallest absolute Gasteiger partial charge is 0.229 e. The van der Waals surface area contributed by atoms with Crippen LogP contribution >= 0.6 is 11.6 Å². The monoisotopic (exact) mass is 308 g/mol. The van der Waals surface area contributed by atoms with Crippen molar-refractivity contribution in [2.75, 3.05) is 17.3 Å². The van der Waals surface area contributed by atoms with Crippen molar-refractivity contribution in [2.24, 2.45) is 5.41 Å². The number of alkyl halides is 1. The van der Waals surface area contributed by atoms with E-state index in [0.717, 1.165) is 11.3 Å². The molecule has 1 aliphatic heterocycles. The van der Waals surface area contributed by atoms with Crippen LogP contribution in [0.25, 0.3) is 0 Å². The number of rotatable bonds is 4. The normalized spacial score (nSPS) is 19.0. The molecule has 1 aromatic rings. The summed E-state index contributed by atoms with van der Waals surface area (Å²) >= 11 is 5.80. The van der Waals surface area contributed by atoms with Gasteiger partial charge in [-0.3, -0.25) is 9.59 Å². The molecular weight excluding hydrogens is 288 g/mol. The summed E-state index contributed by atoms with van der Waals surface area (Å²) in [6.07, 6.45) is 0.331. The van der Waals surface area contributed by atoms with Crippen LogP contribution in [0.15, 0.2) is 24.3 Å². The van der Waals surface area contributed by atoms with Crippen LogP contribution in [0.4, 0.5) is 5.69 Å². The molecule has 1 saturated heterocycles. The number of carbonyl (C=O) groups excluding carboxylic acids is 2. The van der Waals surface area contributed by atoms with E-state index < -0.39 is 5.41 Å². The number of aryl methyl sites for hydroxylation is 1. The Morgan fingerprint density at radius 3 is 2.57 bits per heavy atom. The highest BCUT2D eigenvalue weighted by molar-refractivity contribution is 6.19. The molecule has 0 unspecified atom stereocenters. The predicted molar refractivity (Wildman–Crippen MR) is 84.6 cm³/mol. The minimum atomic E-state index is -0.623. The Balaban J connectivity index is 2.03. The fourth-order valence-corrected chi connectivity index (χ4v) is 2.34. The topological polar surface area (TPSA) is 49.4 Å². The van der Waals surface area contributed by atoms with E-state index in [9.17, 15) is 9.59 Å². The maximum absolute atomic E-state index is 12.1. The highest BCUT2D eigenvalue weighted by atomic mass is 35.5. The number of halogens is 1. The minimum absolute atomic E-state index is 0.0350. The van der Waals surface area contributed by atoms with Gasteiger partial charge in [-0.15, -0.1) is 11.6 Å². The van der Waals surface area contributed by atoms with Crippen molar-refractivity contribution in [1.29, 1.82) is 0 Å². The number of hydrogen-bond donors (Lipinski definition) is 1. The molecule has 0 saturated carbocycles. The third kappa shape index (κ3) is 3.56. The van der Waals surface area contributed by atoms with Crippen molar-refractivity contribution in [3.05, 3.63) is 29.8 Å². The van der Waals surface area contributed by atoms with Crippen LogP contribution in [0, 0.1) is 12.3 Å². The van der Waals surface area contributed by atoms with Crippen molar-refractivity contribution in [2.45, 2.75) is 33.2 Å². The first-order valence-electron chi connectivity index (χ1n) is 7.07. The zero-order chi connectivity index (χ0) is 15.6. The minimum Gasteiger partial charge on any atom is -0.351 e. The Bertz CT molecular complexity index is 540. The first-order valence-corrected chi connectivity index (χ1v) is 7.61. The van der Waals surface area contributed by atoms with Crippen molar-refractivity contribution >= 4 is 29.1 Å². The van der Waals surface area contributed by atoms with Crippen LogP contribution in [-0.2, 0) is 9.59 Å². The molecule has 1 atom stereocenters. The lowest BCUT2D eigenvalue weighted by molar-refractivity contribution is -0.128. The van der Waals surface area contributed by atoms with Gasteiger partial charge in [0.25, 0.3) is 0 Å². The molecule has 1 heterocycles. The largest absolute Gasteiger partial charge is 0.351 e. The standard InChI is InChI=1S/C16H21ClN2O2/c1-11-4-6-13(7-5-11)19-9-12(8-14(19)20)18-15(21)16(2,3)10-17/h4-7,12H,8-10H2,1-3H3,(H,18,21)/t12-/m0/s1. The number of nitrogens with zero attached hydrogens (tertiary/aromatic N) is 1. The third-order valence-corrected chi connectivity index (χ3v) is 4.42. The molecule has 4 nitrogen and oxygen atoms in total. The summed E-state index contributed by atoms with van der Waals surface area (Å²) in [4.78, 5) is 26.0. The van der Waals surface area contributed by atoms with Gasteiger partial charge in [0.2, 0.25) is 11.8 Å². The van der Waals surface area contributed by atoms with Crippen molar-refractivity contribution in [1.82, 2.24) is 5.32 Å². The van der Waals surface area contributed by atoms with Gasteiger partial charge in [-0.25, -0.2) is 0 Å². The quantitative estimate of drug-likeness (QED) is 0.869. The van der Waals surface area contributed by atoms with E-state index in [4.69, 9.17) is 11.6 Å². The molecule has 21 heavy (non-hydrogen) atoms. The summed E-state index contributed by atoms with van der Waals surface area (Å²) in [6.45, 7) is 6.10. The van der Waals surface area contributed by atoms with Crippen LogP contribution in [0.3, 0.4) is 0 Å². The van der Waals surface area contributed by atoms with Gasteiger partial charge in [0.1, 0.15) is 0 Å². The van der Waals surface area contributed by atoms with Gasteiger partial charge in [0, 0.05) is 24.5 Å². The number of amides is 2. The molecule has 1 aliphatic rings. The zero-order valence-electron chi connectivity index (χ0n) is 12.6. The molecule has 0 radical (unpaired) electrons. The fraction of sp³-hybridized carbons (Fsp3) is 0.500. The van der Waals surface area contributed by atoms with E-state index in [1.807, 2.05) is 31.2 Å². The van der Waals surface area contributed by atoms with Crippen LogP contribution < -0.4 is 10.2 Å². The summed E-state index contributed by atoms with van der Waals surface area (Å²) in [5.74, 6) is 0.176.